The van der Waals surface area contributed by atoms with Gasteiger partial charge in [-0.15, -0.1) is 0 Å². The zero-order valence-electron chi connectivity index (χ0n) is 5.08. The largest absolute Gasteiger partial charge is 0.394 e. The highest BCUT2D eigenvalue weighted by Gasteiger charge is 2.32. The molecule has 2 atom stereocenters. The molecule has 2 radical (unpaired) electrons. The molecule has 1 heterocycles. The fourth-order valence-electron chi connectivity index (χ4n) is 0.903. The molecule has 1 saturated heterocycles. The molecule has 0 saturated carbocycles. The molecular weight excluding hydrogens is 119 g/mol. The Kier molecular flexibility index (Phi) is 1.79. The first-order chi connectivity index (χ1) is 4.14. The van der Waals surface area contributed by atoms with Crippen molar-refractivity contribution in [3.63, 3.8) is 0 Å². The maximum atomic E-state index is 8.94. The first-order valence-corrected chi connectivity index (χ1v) is 2.94. The molecule has 0 aliphatic carbocycles. The predicted octanol–water partition coefficient (Wildman–Crippen LogP) is -1.03. The van der Waals surface area contributed by atoms with Crippen LogP contribution in [0.15, 0.2) is 0 Å². The van der Waals surface area contributed by atoms with E-state index >= 15 is 0 Å². The van der Waals surface area contributed by atoms with Crippen molar-refractivity contribution in [1.29, 1.82) is 0 Å². The van der Waals surface area contributed by atoms with Crippen molar-refractivity contribution in [3.8, 4) is 0 Å². The number of rotatable bonds is 1. The Morgan fingerprint density at radius 2 is 2.44 bits per heavy atom. The fourth-order valence-corrected chi connectivity index (χ4v) is 0.903. The molecule has 0 aromatic rings. The first kappa shape index (κ1) is 7.06. The van der Waals surface area contributed by atoms with E-state index in [0.29, 0.717) is 12.8 Å². The monoisotopic (exact) mass is 128 g/mol. The Bertz CT molecular complexity index is 104. The maximum Gasteiger partial charge on any atom is 0.153 e. The molecule has 1 fully saturated rings. The van der Waals surface area contributed by atoms with Crippen LogP contribution < -0.4 is 0 Å². The van der Waals surface area contributed by atoms with Gasteiger partial charge in [0.2, 0.25) is 0 Å². The van der Waals surface area contributed by atoms with Gasteiger partial charge in [0, 0.05) is 0 Å². The number of hydrogen-bond donors (Lipinski definition) is 2. The van der Waals surface area contributed by atoms with Gasteiger partial charge < -0.3 is 14.9 Å². The summed E-state index contributed by atoms with van der Waals surface area (Å²) in [4.78, 5) is 0. The lowest BCUT2D eigenvalue weighted by Crippen LogP contribution is -2.29. The van der Waals surface area contributed by atoms with Crippen LogP contribution in [0.25, 0.3) is 0 Å². The summed E-state index contributed by atoms with van der Waals surface area (Å²) in [5, 5.41) is 17.4. The predicted molar refractivity (Wildman–Crippen MR) is 31.9 cm³/mol. The average Bonchev–Trinajstić information content (AvgIpc) is 2.10. The van der Waals surface area contributed by atoms with Gasteiger partial charge >= 0.3 is 0 Å². The second-order valence-corrected chi connectivity index (χ2v) is 2.31. The van der Waals surface area contributed by atoms with Crippen molar-refractivity contribution in [2.45, 2.75) is 24.6 Å². The van der Waals surface area contributed by atoms with Crippen LogP contribution in [0.2, 0.25) is 0 Å². The van der Waals surface area contributed by atoms with Crippen molar-refractivity contribution in [2.75, 3.05) is 6.61 Å². The van der Waals surface area contributed by atoms with Gasteiger partial charge in [0.25, 0.3) is 0 Å². The molecule has 3 nitrogen and oxygen atoms in total. The van der Waals surface area contributed by atoms with E-state index in [1.807, 2.05) is 0 Å². The summed E-state index contributed by atoms with van der Waals surface area (Å²) in [6, 6.07) is 0. The zero-order chi connectivity index (χ0) is 6.91. The van der Waals surface area contributed by atoms with Gasteiger partial charge in [-0.05, 0) is 12.8 Å². The van der Waals surface area contributed by atoms with E-state index < -0.39 is 5.69 Å². The molecule has 1 aliphatic heterocycles. The third kappa shape index (κ3) is 1.68. The van der Waals surface area contributed by atoms with E-state index in [1.165, 1.54) is 0 Å². The van der Waals surface area contributed by atoms with Crippen LogP contribution in [0.3, 0.4) is 0 Å². The highest BCUT2D eigenvalue weighted by Crippen LogP contribution is 2.24. The first-order valence-electron chi connectivity index (χ1n) is 2.94. The normalized spacial score (nSPS) is 43.6. The van der Waals surface area contributed by atoms with Gasteiger partial charge in [-0.25, -0.2) is 0 Å². The van der Waals surface area contributed by atoms with Gasteiger partial charge in [-0.2, -0.15) is 0 Å². The van der Waals surface area contributed by atoms with E-state index in [-0.39, 0.29) is 12.7 Å². The molecule has 0 aromatic heterocycles. The molecule has 9 heavy (non-hydrogen) atoms. The molecule has 50 valence electrons. The molecule has 0 bridgehead atoms. The minimum absolute atomic E-state index is 0.0699. The van der Waals surface area contributed by atoms with Crippen molar-refractivity contribution >= 4 is 7.85 Å². The van der Waals surface area contributed by atoms with E-state index in [2.05, 4.69) is 0 Å². The van der Waals surface area contributed by atoms with Gasteiger partial charge in [0.05, 0.1) is 12.7 Å². The fraction of sp³-hybridized carbons (Fsp3) is 1.00. The summed E-state index contributed by atoms with van der Waals surface area (Å²) < 4.78 is 4.78. The van der Waals surface area contributed by atoms with E-state index in [0.717, 1.165) is 0 Å². The van der Waals surface area contributed by atoms with Crippen LogP contribution in [-0.4, -0.2) is 36.5 Å². The Hall–Kier alpha value is -0.0551. The van der Waals surface area contributed by atoms with Crippen molar-refractivity contribution < 1.29 is 14.9 Å². The van der Waals surface area contributed by atoms with Crippen molar-refractivity contribution in [2.24, 2.45) is 0 Å². The Morgan fingerprint density at radius 1 is 1.78 bits per heavy atom. The summed E-state index contributed by atoms with van der Waals surface area (Å²) in [6.07, 6.45) is 0.752. The molecule has 0 spiro atoms. The smallest absolute Gasteiger partial charge is 0.153 e. The van der Waals surface area contributed by atoms with Gasteiger partial charge in [0.15, 0.2) is 7.85 Å². The molecule has 1 aliphatic rings. The zero-order valence-corrected chi connectivity index (χ0v) is 5.08. The number of aliphatic hydroxyl groups excluding tert-OH is 1. The summed E-state index contributed by atoms with van der Waals surface area (Å²) in [6.45, 7) is -0.0699. The number of aliphatic hydroxyl groups is 2. The highest BCUT2D eigenvalue weighted by molar-refractivity contribution is 6.13. The van der Waals surface area contributed by atoms with Crippen LogP contribution in [0.1, 0.15) is 12.8 Å². The van der Waals surface area contributed by atoms with E-state index in [9.17, 15) is 0 Å². The third-order valence-corrected chi connectivity index (χ3v) is 1.40. The molecule has 0 aromatic carbocycles. The summed E-state index contributed by atoms with van der Waals surface area (Å²) >= 11 is 0. The number of hydrogen-bond acceptors (Lipinski definition) is 3. The second kappa shape index (κ2) is 2.29. The second-order valence-electron chi connectivity index (χ2n) is 2.31. The molecule has 2 unspecified atom stereocenters. The lowest BCUT2D eigenvalue weighted by molar-refractivity contribution is -0.136. The van der Waals surface area contributed by atoms with Gasteiger partial charge in [0.1, 0.15) is 5.69 Å². The van der Waals surface area contributed by atoms with Gasteiger partial charge in [-0.3, -0.25) is 0 Å². The Balaban J connectivity index is 2.38. The van der Waals surface area contributed by atoms with Crippen LogP contribution >= 0.6 is 0 Å². The van der Waals surface area contributed by atoms with Crippen LogP contribution in [-0.2, 0) is 4.74 Å². The highest BCUT2D eigenvalue weighted by atomic mass is 16.6. The standard InChI is InChI=1S/C5H9BO3/c6-5(8)2-1-4(3-7)9-5/h4,7-8H,1-3H2. The maximum absolute atomic E-state index is 8.94. The lowest BCUT2D eigenvalue weighted by Gasteiger charge is -2.16. The van der Waals surface area contributed by atoms with Crippen molar-refractivity contribution in [3.05, 3.63) is 0 Å². The average molecular weight is 128 g/mol. The molecule has 4 heteroatoms. The minimum Gasteiger partial charge on any atom is -0.394 e. The molecule has 1 rings (SSSR count). The molecule has 0 amide bonds. The Morgan fingerprint density at radius 3 is 2.67 bits per heavy atom. The van der Waals surface area contributed by atoms with E-state index in [1.54, 1.807) is 0 Å². The van der Waals surface area contributed by atoms with E-state index in [4.69, 9.17) is 22.8 Å². The quantitative estimate of drug-likeness (QED) is 0.444. The van der Waals surface area contributed by atoms with Crippen LogP contribution in [0.5, 0.6) is 0 Å². The topological polar surface area (TPSA) is 49.7 Å². The SMILES string of the molecule is [B]C1(O)CCC(CO)O1. The van der Waals surface area contributed by atoms with Crippen molar-refractivity contribution in [1.82, 2.24) is 0 Å². The molecular formula is C5H9BO3. The Labute approximate surface area is 55.0 Å². The molecule has 2 N–H and O–H groups in total. The summed E-state index contributed by atoms with van der Waals surface area (Å²) in [5.41, 5.74) is -1.49. The van der Waals surface area contributed by atoms with Gasteiger partial charge in [-0.1, -0.05) is 0 Å². The lowest BCUT2D eigenvalue weighted by atomic mass is 9.92. The minimum atomic E-state index is -1.49. The van der Waals surface area contributed by atoms with Crippen LogP contribution in [0, 0.1) is 0 Å². The van der Waals surface area contributed by atoms with Crippen LogP contribution in [0.4, 0.5) is 0 Å². The summed E-state index contributed by atoms with van der Waals surface area (Å²) in [7, 11) is 5.17. The number of ether oxygens (including phenoxy) is 1. The third-order valence-electron chi connectivity index (χ3n) is 1.40. The summed E-state index contributed by atoms with van der Waals surface area (Å²) in [5.74, 6) is 0.